The van der Waals surface area contributed by atoms with Crippen LogP contribution in [0.15, 0.2) is 22.9 Å². The molecule has 2 aromatic rings. The smallest absolute Gasteiger partial charge is 0.325 e. The van der Waals surface area contributed by atoms with Crippen molar-refractivity contribution in [3.63, 3.8) is 0 Å². The number of halogens is 2. The first-order chi connectivity index (χ1) is 17.6. The third-order valence-corrected chi connectivity index (χ3v) is 7.88. The molecular weight excluding hydrogens is 537 g/mol. The van der Waals surface area contributed by atoms with E-state index < -0.39 is 12.0 Å². The molecule has 0 spiro atoms. The van der Waals surface area contributed by atoms with Gasteiger partial charge in [0.05, 0.1) is 5.56 Å². The molecule has 0 aromatic carbocycles. The van der Waals surface area contributed by atoms with Gasteiger partial charge < -0.3 is 25.5 Å². The van der Waals surface area contributed by atoms with Crippen molar-refractivity contribution >= 4 is 52.4 Å². The highest BCUT2D eigenvalue weighted by molar-refractivity contribution is 7.07. The Morgan fingerprint density at radius 1 is 1.27 bits per heavy atom. The molecule has 12 heteroatoms. The average Bonchev–Trinajstić information content (AvgIpc) is 3.35. The average molecular weight is 571 g/mol. The molecule has 0 saturated carbocycles. The number of carbonyl (C=O) groups is 3. The fraction of sp³-hybridized carbons (Fsp3) is 0.520. The van der Waals surface area contributed by atoms with Crippen LogP contribution in [-0.2, 0) is 11.3 Å². The lowest BCUT2D eigenvalue weighted by Crippen LogP contribution is -2.53. The predicted molar refractivity (Wildman–Crippen MR) is 145 cm³/mol. The minimum atomic E-state index is -1.07. The van der Waals surface area contributed by atoms with Gasteiger partial charge in [-0.05, 0) is 74.1 Å². The van der Waals surface area contributed by atoms with E-state index in [-0.39, 0.29) is 34.3 Å². The van der Waals surface area contributed by atoms with Crippen LogP contribution in [0.5, 0.6) is 0 Å². The molecule has 3 rings (SSSR count). The van der Waals surface area contributed by atoms with E-state index >= 15 is 0 Å². The number of aryl methyl sites for hydroxylation is 1. The molecule has 1 fully saturated rings. The summed E-state index contributed by atoms with van der Waals surface area (Å²) in [5.41, 5.74) is 2.04. The molecule has 2 atom stereocenters. The van der Waals surface area contributed by atoms with Crippen molar-refractivity contribution in [3.8, 4) is 0 Å². The number of piperidine rings is 1. The third kappa shape index (κ3) is 8.04. The summed E-state index contributed by atoms with van der Waals surface area (Å²) in [5, 5.41) is 19.0. The lowest BCUT2D eigenvalue weighted by molar-refractivity contribution is -0.138. The molecular formula is C25H33Cl2N5O4S. The number of aliphatic carboxylic acids is 1. The molecule has 0 aliphatic carbocycles. The number of carboxylic acid groups (broad SMARTS) is 1. The van der Waals surface area contributed by atoms with Crippen LogP contribution in [0.4, 0.5) is 4.79 Å². The van der Waals surface area contributed by atoms with Gasteiger partial charge in [-0.15, -0.1) is 0 Å². The number of nitrogens with one attached hydrogen (secondary N) is 2. The molecule has 3 N–H and O–H groups in total. The number of pyridine rings is 1. The van der Waals surface area contributed by atoms with Crippen LogP contribution >= 0.6 is 34.5 Å². The molecule has 1 aliphatic rings. The van der Waals surface area contributed by atoms with Crippen LogP contribution in [0, 0.1) is 6.92 Å². The van der Waals surface area contributed by atoms with Crippen molar-refractivity contribution in [2.45, 2.75) is 64.7 Å². The van der Waals surface area contributed by atoms with Crippen LogP contribution in [-0.4, -0.2) is 75.6 Å². The van der Waals surface area contributed by atoms with Gasteiger partial charge in [0.15, 0.2) is 0 Å². The van der Waals surface area contributed by atoms with Gasteiger partial charge >= 0.3 is 12.0 Å². The minimum Gasteiger partial charge on any atom is -0.480 e. The van der Waals surface area contributed by atoms with Gasteiger partial charge in [0.2, 0.25) is 0 Å². The second kappa shape index (κ2) is 13.4. The molecule has 3 amide bonds. The van der Waals surface area contributed by atoms with Gasteiger partial charge in [-0.2, -0.15) is 11.3 Å². The van der Waals surface area contributed by atoms with Crippen molar-refractivity contribution in [3.05, 3.63) is 49.9 Å². The molecule has 202 valence electrons. The zero-order valence-corrected chi connectivity index (χ0v) is 23.5. The van der Waals surface area contributed by atoms with Crippen LogP contribution in [0.1, 0.15) is 54.6 Å². The normalized spacial score (nSPS) is 16.1. The van der Waals surface area contributed by atoms with Gasteiger partial charge in [-0.1, -0.05) is 23.2 Å². The summed E-state index contributed by atoms with van der Waals surface area (Å²) in [4.78, 5) is 44.9. The first kappa shape index (κ1) is 29.2. The highest BCUT2D eigenvalue weighted by atomic mass is 35.5. The Morgan fingerprint density at radius 2 is 1.97 bits per heavy atom. The van der Waals surface area contributed by atoms with Crippen molar-refractivity contribution in [1.29, 1.82) is 0 Å². The zero-order valence-electron chi connectivity index (χ0n) is 21.2. The van der Waals surface area contributed by atoms with E-state index in [1.807, 2.05) is 16.8 Å². The summed E-state index contributed by atoms with van der Waals surface area (Å²) in [7, 11) is 0. The van der Waals surface area contributed by atoms with E-state index in [1.54, 1.807) is 29.2 Å². The van der Waals surface area contributed by atoms with Crippen LogP contribution in [0.3, 0.4) is 0 Å². The Hall–Kier alpha value is -2.40. The minimum absolute atomic E-state index is 0.00608. The highest BCUT2D eigenvalue weighted by Gasteiger charge is 2.31. The van der Waals surface area contributed by atoms with E-state index in [1.165, 1.54) is 6.92 Å². The maximum absolute atomic E-state index is 13.0. The van der Waals surface area contributed by atoms with Crippen LogP contribution in [0.2, 0.25) is 10.3 Å². The van der Waals surface area contributed by atoms with E-state index in [0.29, 0.717) is 24.2 Å². The molecule has 0 bridgehead atoms. The Kier molecular flexibility index (Phi) is 10.6. The molecule has 9 nitrogen and oxygen atoms in total. The number of hydrogen-bond acceptors (Lipinski definition) is 6. The SMILES string of the molecule is Cc1cc(Cl)nc(Cl)c1C(=O)NCC[C@@H](C)N1CCC(N(Cc2ccsc2)C(=O)N[C@@H](C)C(=O)O)CC1. The molecule has 1 aliphatic heterocycles. The second-order valence-corrected chi connectivity index (χ2v) is 10.9. The molecule has 0 unspecified atom stereocenters. The first-order valence-electron chi connectivity index (χ1n) is 12.2. The maximum atomic E-state index is 13.0. The van der Waals surface area contributed by atoms with Gasteiger partial charge in [-0.25, -0.2) is 9.78 Å². The quantitative estimate of drug-likeness (QED) is 0.365. The maximum Gasteiger partial charge on any atom is 0.325 e. The Labute approximate surface area is 231 Å². The molecule has 0 radical (unpaired) electrons. The fourth-order valence-electron chi connectivity index (χ4n) is 4.45. The number of thiophene rings is 1. The summed E-state index contributed by atoms with van der Waals surface area (Å²) >= 11 is 13.6. The summed E-state index contributed by atoms with van der Waals surface area (Å²) in [6.07, 6.45) is 2.31. The molecule has 1 saturated heterocycles. The summed E-state index contributed by atoms with van der Waals surface area (Å²) in [5.74, 6) is -1.34. The van der Waals surface area contributed by atoms with E-state index in [0.717, 1.165) is 37.9 Å². The Bertz CT molecular complexity index is 1070. The second-order valence-electron chi connectivity index (χ2n) is 9.36. The number of hydrogen-bond donors (Lipinski definition) is 3. The van der Waals surface area contributed by atoms with Crippen molar-refractivity contribution < 1.29 is 19.5 Å². The number of aromatic nitrogens is 1. The Balaban J connectivity index is 1.52. The number of amides is 3. The van der Waals surface area contributed by atoms with Crippen molar-refractivity contribution in [1.82, 2.24) is 25.4 Å². The largest absolute Gasteiger partial charge is 0.480 e. The van der Waals surface area contributed by atoms with E-state index in [4.69, 9.17) is 23.2 Å². The molecule has 3 heterocycles. The third-order valence-electron chi connectivity index (χ3n) is 6.68. The van der Waals surface area contributed by atoms with Gasteiger partial charge in [-0.3, -0.25) is 9.59 Å². The number of carboxylic acids is 1. The number of nitrogens with zero attached hydrogens (tertiary/aromatic N) is 3. The summed E-state index contributed by atoms with van der Waals surface area (Å²) in [6.45, 7) is 7.88. The van der Waals surface area contributed by atoms with Gasteiger partial charge in [0.1, 0.15) is 16.3 Å². The topological polar surface area (TPSA) is 115 Å². The van der Waals surface area contributed by atoms with E-state index in [9.17, 15) is 19.5 Å². The lowest BCUT2D eigenvalue weighted by atomic mass is 10.0. The molecule has 37 heavy (non-hydrogen) atoms. The van der Waals surface area contributed by atoms with Crippen LogP contribution < -0.4 is 10.6 Å². The zero-order chi connectivity index (χ0) is 27.1. The predicted octanol–water partition coefficient (Wildman–Crippen LogP) is 4.42. The van der Waals surface area contributed by atoms with E-state index in [2.05, 4.69) is 27.4 Å². The number of likely N-dealkylation sites (tertiary alicyclic amines) is 1. The fourth-order valence-corrected chi connectivity index (χ4v) is 5.73. The van der Waals surface area contributed by atoms with Crippen molar-refractivity contribution in [2.75, 3.05) is 19.6 Å². The number of rotatable bonds is 10. The number of carbonyl (C=O) groups excluding carboxylic acids is 2. The van der Waals surface area contributed by atoms with Crippen LogP contribution in [0.25, 0.3) is 0 Å². The summed E-state index contributed by atoms with van der Waals surface area (Å²) < 4.78 is 0. The van der Waals surface area contributed by atoms with Gasteiger partial charge in [0.25, 0.3) is 5.91 Å². The lowest BCUT2D eigenvalue weighted by Gasteiger charge is -2.41. The Morgan fingerprint density at radius 3 is 2.57 bits per heavy atom. The number of urea groups is 1. The highest BCUT2D eigenvalue weighted by Crippen LogP contribution is 2.23. The van der Waals surface area contributed by atoms with Gasteiger partial charge in [0, 0.05) is 38.3 Å². The first-order valence-corrected chi connectivity index (χ1v) is 13.9. The monoisotopic (exact) mass is 569 g/mol. The standard InChI is InChI=1S/C25H33Cl2N5O4S/c1-15-12-20(26)30-22(27)21(15)23(33)28-8-4-16(2)31-9-5-19(6-10-31)32(13-18-7-11-37-14-18)25(36)29-17(3)24(34)35/h7,11-12,14,16-17,19H,4-6,8-10,13H2,1-3H3,(H,28,33)(H,29,36)(H,34,35)/t16-,17+/m1/s1. The van der Waals surface area contributed by atoms with Crippen molar-refractivity contribution in [2.24, 2.45) is 0 Å². The molecule has 2 aromatic heterocycles. The summed E-state index contributed by atoms with van der Waals surface area (Å²) in [6, 6.07) is 2.50.